The smallest absolute Gasteiger partial charge is 0.252 e. The molecule has 2 rings (SSSR count). The van der Waals surface area contributed by atoms with Gasteiger partial charge in [0, 0.05) is 6.04 Å². The predicted molar refractivity (Wildman–Crippen MR) is 73.3 cm³/mol. The summed E-state index contributed by atoms with van der Waals surface area (Å²) in [5.41, 5.74) is 1.18. The third-order valence-electron chi connectivity index (χ3n) is 3.18. The number of nitrogens with zero attached hydrogens (tertiary/aromatic N) is 1. The Balaban J connectivity index is 2.64. The topological polar surface area (TPSA) is 41.6 Å². The first kappa shape index (κ1) is 12.7. The van der Waals surface area contributed by atoms with E-state index in [1.165, 1.54) is 0 Å². The number of ether oxygens (including phenoxy) is 1. The van der Waals surface area contributed by atoms with Gasteiger partial charge in [0.1, 0.15) is 17.0 Å². The molecule has 4 heteroatoms. The summed E-state index contributed by atoms with van der Waals surface area (Å²) in [4.78, 5) is 14.3. The van der Waals surface area contributed by atoms with Gasteiger partial charge < -0.3 is 15.0 Å². The first-order chi connectivity index (χ1) is 8.38. The fraction of sp³-hybridized carbons (Fsp3) is 0.500. The third kappa shape index (κ3) is 1.82. The molecule has 1 aromatic carbocycles. The van der Waals surface area contributed by atoms with Crippen LogP contribution < -0.4 is 15.0 Å². The van der Waals surface area contributed by atoms with E-state index in [0.29, 0.717) is 0 Å². The molecule has 0 aromatic heterocycles. The number of para-hydroxylation sites is 1. The Labute approximate surface area is 108 Å². The number of hydrogen-bond donors (Lipinski definition) is 1. The second-order valence-electron chi connectivity index (χ2n) is 5.38. The Kier molecular flexibility index (Phi) is 2.97. The maximum absolute atomic E-state index is 12.5. The van der Waals surface area contributed by atoms with Crippen LogP contribution in [0.5, 0.6) is 5.75 Å². The van der Waals surface area contributed by atoms with Crippen molar-refractivity contribution in [2.24, 2.45) is 0 Å². The van der Waals surface area contributed by atoms with Gasteiger partial charge in [-0.1, -0.05) is 6.07 Å². The van der Waals surface area contributed by atoms with Crippen molar-refractivity contribution in [3.05, 3.63) is 18.2 Å². The maximum Gasteiger partial charge on any atom is 0.252 e. The predicted octanol–water partition coefficient (Wildman–Crippen LogP) is 2.64. The summed E-state index contributed by atoms with van der Waals surface area (Å²) < 4.78 is 5.38. The van der Waals surface area contributed by atoms with Gasteiger partial charge in [0.15, 0.2) is 0 Å². The molecule has 0 radical (unpaired) electrons. The fourth-order valence-corrected chi connectivity index (χ4v) is 2.32. The van der Waals surface area contributed by atoms with E-state index in [4.69, 9.17) is 4.74 Å². The summed E-state index contributed by atoms with van der Waals surface area (Å²) in [5.74, 6) is 0.784. The van der Waals surface area contributed by atoms with Crippen LogP contribution in [0.3, 0.4) is 0 Å². The van der Waals surface area contributed by atoms with Crippen molar-refractivity contribution in [2.75, 3.05) is 17.3 Å². The SMILES string of the molecule is COc1cccc2c1N(C(C)C)C(=O)C(C)(C)N2. The summed E-state index contributed by atoms with van der Waals surface area (Å²) in [6.45, 7) is 7.81. The molecule has 18 heavy (non-hydrogen) atoms. The molecule has 1 N–H and O–H groups in total. The van der Waals surface area contributed by atoms with Gasteiger partial charge >= 0.3 is 0 Å². The molecule has 0 bridgehead atoms. The van der Waals surface area contributed by atoms with Crippen LogP contribution >= 0.6 is 0 Å². The molecule has 1 aliphatic rings. The van der Waals surface area contributed by atoms with Crippen LogP contribution in [0.25, 0.3) is 0 Å². The van der Waals surface area contributed by atoms with Crippen molar-refractivity contribution in [1.29, 1.82) is 0 Å². The number of carbonyl (C=O) groups is 1. The molecule has 0 aliphatic carbocycles. The molecule has 1 aromatic rings. The van der Waals surface area contributed by atoms with Crippen LogP contribution in [0.1, 0.15) is 27.7 Å². The Morgan fingerprint density at radius 2 is 2.00 bits per heavy atom. The zero-order valence-corrected chi connectivity index (χ0v) is 11.6. The third-order valence-corrected chi connectivity index (χ3v) is 3.18. The molecule has 0 fully saturated rings. The van der Waals surface area contributed by atoms with E-state index in [9.17, 15) is 4.79 Å². The summed E-state index contributed by atoms with van der Waals surface area (Å²) >= 11 is 0. The van der Waals surface area contributed by atoms with Gasteiger partial charge in [-0.2, -0.15) is 0 Å². The highest BCUT2D eigenvalue weighted by Crippen LogP contribution is 2.42. The van der Waals surface area contributed by atoms with Crippen molar-refractivity contribution >= 4 is 17.3 Å². The molecule has 0 spiro atoms. The number of fused-ring (bicyclic) bond motifs is 1. The quantitative estimate of drug-likeness (QED) is 0.874. The second kappa shape index (κ2) is 4.19. The summed E-state index contributed by atoms with van der Waals surface area (Å²) in [5, 5.41) is 3.27. The van der Waals surface area contributed by atoms with Crippen LogP contribution in [0, 0.1) is 0 Å². The Morgan fingerprint density at radius 1 is 1.33 bits per heavy atom. The first-order valence-electron chi connectivity index (χ1n) is 6.17. The highest BCUT2D eigenvalue weighted by molar-refractivity contribution is 6.09. The normalized spacial score (nSPS) is 17.4. The lowest BCUT2D eigenvalue weighted by atomic mass is 9.96. The second-order valence-corrected chi connectivity index (χ2v) is 5.38. The molecule has 1 amide bonds. The van der Waals surface area contributed by atoms with E-state index in [1.54, 1.807) is 7.11 Å². The summed E-state index contributed by atoms with van der Waals surface area (Å²) in [6.07, 6.45) is 0. The zero-order valence-electron chi connectivity index (χ0n) is 11.6. The van der Waals surface area contributed by atoms with E-state index < -0.39 is 5.54 Å². The highest BCUT2D eigenvalue weighted by atomic mass is 16.5. The molecule has 0 saturated carbocycles. The van der Waals surface area contributed by atoms with Crippen molar-refractivity contribution in [3.63, 3.8) is 0 Å². The van der Waals surface area contributed by atoms with Gasteiger partial charge in [0.05, 0.1) is 12.8 Å². The number of carbonyl (C=O) groups excluding carboxylic acids is 1. The Hall–Kier alpha value is -1.71. The minimum Gasteiger partial charge on any atom is -0.494 e. The van der Waals surface area contributed by atoms with Crippen LogP contribution in [0.2, 0.25) is 0 Å². The van der Waals surface area contributed by atoms with Crippen molar-refractivity contribution in [3.8, 4) is 5.75 Å². The van der Waals surface area contributed by atoms with Crippen LogP contribution in [0.4, 0.5) is 11.4 Å². The van der Waals surface area contributed by atoms with Crippen LogP contribution in [-0.2, 0) is 4.79 Å². The number of methoxy groups -OCH3 is 1. The summed E-state index contributed by atoms with van der Waals surface area (Å²) in [7, 11) is 1.62. The molecule has 0 saturated heterocycles. The number of nitrogens with one attached hydrogen (secondary N) is 1. The molecular weight excluding hydrogens is 228 g/mol. The minimum atomic E-state index is -0.594. The lowest BCUT2D eigenvalue weighted by molar-refractivity contribution is -0.122. The number of hydrogen-bond acceptors (Lipinski definition) is 3. The van der Waals surface area contributed by atoms with Gasteiger partial charge in [-0.3, -0.25) is 4.79 Å². The highest BCUT2D eigenvalue weighted by Gasteiger charge is 2.41. The number of anilines is 2. The largest absolute Gasteiger partial charge is 0.494 e. The van der Waals surface area contributed by atoms with E-state index >= 15 is 0 Å². The molecule has 0 unspecified atom stereocenters. The van der Waals surface area contributed by atoms with Gasteiger partial charge in [-0.05, 0) is 39.8 Å². The molecule has 0 atom stereocenters. The van der Waals surface area contributed by atoms with Crippen molar-refractivity contribution < 1.29 is 9.53 Å². The molecule has 98 valence electrons. The van der Waals surface area contributed by atoms with Crippen molar-refractivity contribution in [1.82, 2.24) is 0 Å². The number of amides is 1. The Bertz CT molecular complexity index is 481. The van der Waals surface area contributed by atoms with Crippen LogP contribution in [-0.4, -0.2) is 24.6 Å². The maximum atomic E-state index is 12.5. The van der Waals surface area contributed by atoms with E-state index in [1.807, 2.05) is 50.8 Å². The molecule has 1 heterocycles. The van der Waals surface area contributed by atoms with E-state index in [0.717, 1.165) is 17.1 Å². The van der Waals surface area contributed by atoms with E-state index in [-0.39, 0.29) is 11.9 Å². The van der Waals surface area contributed by atoms with Crippen LogP contribution in [0.15, 0.2) is 18.2 Å². The molecular formula is C14H20N2O2. The average Bonchev–Trinajstić information content (AvgIpc) is 2.29. The number of benzene rings is 1. The Morgan fingerprint density at radius 3 is 2.56 bits per heavy atom. The van der Waals surface area contributed by atoms with Crippen molar-refractivity contribution in [2.45, 2.75) is 39.3 Å². The lowest BCUT2D eigenvalue weighted by Gasteiger charge is -2.42. The average molecular weight is 248 g/mol. The number of rotatable bonds is 2. The van der Waals surface area contributed by atoms with Gasteiger partial charge in [0.2, 0.25) is 0 Å². The summed E-state index contributed by atoms with van der Waals surface area (Å²) in [6, 6.07) is 5.87. The van der Waals surface area contributed by atoms with Gasteiger partial charge in [0.25, 0.3) is 5.91 Å². The first-order valence-corrected chi connectivity index (χ1v) is 6.17. The zero-order chi connectivity index (χ0) is 13.5. The van der Waals surface area contributed by atoms with E-state index in [2.05, 4.69) is 5.32 Å². The monoisotopic (exact) mass is 248 g/mol. The molecule has 4 nitrogen and oxygen atoms in total. The lowest BCUT2D eigenvalue weighted by Crippen LogP contribution is -2.56. The molecule has 1 aliphatic heterocycles. The standard InChI is InChI=1S/C14H20N2O2/c1-9(2)16-12-10(7-6-8-11(12)18-5)15-14(3,4)13(16)17/h6-9,15H,1-5H3. The van der Waals surface area contributed by atoms with Gasteiger partial charge in [-0.15, -0.1) is 0 Å². The van der Waals surface area contributed by atoms with Gasteiger partial charge in [-0.25, -0.2) is 0 Å². The minimum absolute atomic E-state index is 0.0644. The fourth-order valence-electron chi connectivity index (χ4n) is 2.32.